The molecule has 0 unspecified atom stereocenters. The molecule has 2 aliphatic heterocycles. The number of amides is 1. The molecule has 0 radical (unpaired) electrons. The summed E-state index contributed by atoms with van der Waals surface area (Å²) in [6.45, 7) is 17.8. The Morgan fingerprint density at radius 3 is 1.77 bits per heavy atom. The Morgan fingerprint density at radius 2 is 1.16 bits per heavy atom. The predicted octanol–water partition coefficient (Wildman–Crippen LogP) is 10.4. The van der Waals surface area contributed by atoms with E-state index < -0.39 is 5.60 Å². The largest absolute Gasteiger partial charge is 0.444 e. The topological polar surface area (TPSA) is 108 Å². The summed E-state index contributed by atoms with van der Waals surface area (Å²) in [5, 5.41) is 14.9. The third-order valence-electron chi connectivity index (χ3n) is 12.1. The number of piperazine rings is 2. The van der Waals surface area contributed by atoms with Gasteiger partial charge in [-0.25, -0.2) is 23.8 Å². The molecule has 1 amide bonds. The Morgan fingerprint density at radius 1 is 0.625 bits per heavy atom. The molecule has 0 spiro atoms. The minimum absolute atomic E-state index is 0.182. The Hall–Kier alpha value is -6.31. The van der Waals surface area contributed by atoms with Crippen molar-refractivity contribution in [3.63, 3.8) is 0 Å². The van der Waals surface area contributed by atoms with Crippen LogP contribution in [0.15, 0.2) is 133 Å². The summed E-state index contributed by atoms with van der Waals surface area (Å²) in [5.74, 6) is 0. The average molecular weight is 920 g/mol. The van der Waals surface area contributed by atoms with Gasteiger partial charge in [0.1, 0.15) is 5.60 Å². The van der Waals surface area contributed by atoms with Crippen molar-refractivity contribution in [3.05, 3.63) is 133 Å². The predicted molar refractivity (Wildman–Crippen MR) is 261 cm³/mol. The zero-order chi connectivity index (χ0) is 44.7. The Kier molecular flexibility index (Phi) is 11.9. The van der Waals surface area contributed by atoms with Crippen molar-refractivity contribution < 1.29 is 9.53 Å². The fourth-order valence-electron chi connectivity index (χ4n) is 9.27. The highest BCUT2D eigenvalue weighted by Gasteiger charge is 2.34. The molecule has 4 aromatic heterocycles. The molecule has 4 atom stereocenters. The Balaban J connectivity index is 0.000000162. The highest BCUT2D eigenvalue weighted by Crippen LogP contribution is 2.33. The fraction of sp³-hybridized carbons (Fsp3) is 0.314. The van der Waals surface area contributed by atoms with Gasteiger partial charge in [0.25, 0.3) is 0 Å². The van der Waals surface area contributed by atoms with Crippen molar-refractivity contribution in [2.75, 3.05) is 36.0 Å². The normalized spacial score (nSPS) is 19.2. The van der Waals surface area contributed by atoms with Crippen molar-refractivity contribution in [2.45, 2.75) is 78.2 Å². The number of nitrogens with one attached hydrogen (secondary N) is 1. The van der Waals surface area contributed by atoms with Crippen LogP contribution in [-0.4, -0.2) is 96.1 Å². The molecular weight excluding hydrogens is 865 g/mol. The molecule has 13 heteroatoms. The van der Waals surface area contributed by atoms with Gasteiger partial charge in [-0.05, 0) is 116 Å². The summed E-state index contributed by atoms with van der Waals surface area (Å²) in [4.78, 5) is 28.5. The molecule has 8 aromatic rings. The van der Waals surface area contributed by atoms with Crippen molar-refractivity contribution in [2.24, 2.45) is 0 Å². The summed E-state index contributed by atoms with van der Waals surface area (Å²) >= 11 is 3.46. The number of hydrogen-bond donors (Lipinski definition) is 1. The van der Waals surface area contributed by atoms with Crippen LogP contribution in [0.25, 0.3) is 55.4 Å². The zero-order valence-corrected chi connectivity index (χ0v) is 39.1. The number of aromatic nitrogens is 6. The summed E-state index contributed by atoms with van der Waals surface area (Å²) < 4.78 is 10.1. The van der Waals surface area contributed by atoms with Crippen LogP contribution in [0.5, 0.6) is 0 Å². The number of rotatable bonds is 5. The molecule has 10 rings (SSSR count). The molecular formula is C51H55BrN10O2. The minimum Gasteiger partial charge on any atom is -0.444 e. The molecule has 1 N–H and O–H groups in total. The smallest absolute Gasteiger partial charge is 0.410 e. The molecule has 12 nitrogen and oxygen atoms in total. The van der Waals surface area contributed by atoms with E-state index in [9.17, 15) is 4.79 Å². The number of fused-ring (bicyclic) bond motifs is 3. The van der Waals surface area contributed by atoms with Crippen molar-refractivity contribution >= 4 is 55.5 Å². The van der Waals surface area contributed by atoms with E-state index >= 15 is 0 Å². The van der Waals surface area contributed by atoms with Gasteiger partial charge in [-0.15, -0.1) is 0 Å². The maximum atomic E-state index is 12.5. The quantitative estimate of drug-likeness (QED) is 0.181. The lowest BCUT2D eigenvalue weighted by Crippen LogP contribution is -2.58. The SMILES string of the molecule is C[C@@H]1CN(C(=O)OC(C)(C)C)C[C@H](C)N1c1ccc(-c2cnc3c(Br)cnn3c2)cc1.C[C@@H]1CNC[C@H](C)N1c1ccc(-c2cnc3c(-c4cccc5ccccc45)cnn3c2)cc1. The van der Waals surface area contributed by atoms with Crippen LogP contribution in [0, 0.1) is 0 Å². The monoisotopic (exact) mass is 918 g/mol. The molecule has 2 aliphatic rings. The molecule has 64 heavy (non-hydrogen) atoms. The summed E-state index contributed by atoms with van der Waals surface area (Å²) in [5.41, 5.74) is 10.1. The molecule has 0 aliphatic carbocycles. The van der Waals surface area contributed by atoms with E-state index in [2.05, 4.69) is 171 Å². The minimum atomic E-state index is -0.485. The van der Waals surface area contributed by atoms with Gasteiger partial charge < -0.3 is 24.8 Å². The van der Waals surface area contributed by atoms with Crippen LogP contribution in [0.3, 0.4) is 0 Å². The maximum absolute atomic E-state index is 12.5. The third-order valence-corrected chi connectivity index (χ3v) is 12.7. The third kappa shape index (κ3) is 8.79. The average Bonchev–Trinajstić information content (AvgIpc) is 3.88. The maximum Gasteiger partial charge on any atom is 0.410 e. The van der Waals surface area contributed by atoms with Crippen LogP contribution < -0.4 is 15.1 Å². The number of ether oxygens (including phenoxy) is 1. The summed E-state index contributed by atoms with van der Waals surface area (Å²) in [6.07, 6.45) is 11.3. The highest BCUT2D eigenvalue weighted by atomic mass is 79.9. The Bertz CT molecular complexity index is 2900. The number of hydrogen-bond acceptors (Lipinski definition) is 9. The van der Waals surface area contributed by atoms with E-state index in [0.29, 0.717) is 25.2 Å². The van der Waals surface area contributed by atoms with Crippen LogP contribution in [0.2, 0.25) is 0 Å². The second kappa shape index (κ2) is 17.7. The van der Waals surface area contributed by atoms with Gasteiger partial charge in [-0.2, -0.15) is 10.2 Å². The van der Waals surface area contributed by atoms with Gasteiger partial charge in [0.2, 0.25) is 0 Å². The standard InChI is InChI=1S/C28H27N5.C23H28BrN5O2/c1-19-14-29-15-20(2)33(19)24-12-10-21(11-13-24)23-16-30-28-27(17-31-32(28)18-23)26-9-5-7-22-6-3-4-8-25(22)26;1-15-12-27(22(30)31-23(3,4)5)13-16(2)29(15)19-8-6-17(7-9-19)18-10-25-21-20(24)11-26-28(21)14-18/h3-13,16-20,29H,14-15H2,1-2H3;6-11,14-16H,12-13H2,1-5H3/t19-,20+;15-,16+. The van der Waals surface area contributed by atoms with E-state index in [-0.39, 0.29) is 18.2 Å². The zero-order valence-electron chi connectivity index (χ0n) is 37.5. The number of anilines is 2. The van der Waals surface area contributed by atoms with Gasteiger partial charge in [0, 0.05) is 103 Å². The van der Waals surface area contributed by atoms with E-state index in [1.54, 1.807) is 10.7 Å². The lowest BCUT2D eigenvalue weighted by molar-refractivity contribution is 0.0193. The van der Waals surface area contributed by atoms with Gasteiger partial charge in [0.05, 0.1) is 16.9 Å². The van der Waals surface area contributed by atoms with Crippen LogP contribution in [0.1, 0.15) is 48.5 Å². The van der Waals surface area contributed by atoms with Crippen LogP contribution >= 0.6 is 15.9 Å². The number of halogens is 1. The van der Waals surface area contributed by atoms with Crippen LogP contribution in [-0.2, 0) is 4.74 Å². The van der Waals surface area contributed by atoms with Gasteiger partial charge in [-0.1, -0.05) is 66.7 Å². The molecule has 328 valence electrons. The molecule has 2 fully saturated rings. The first-order chi connectivity index (χ1) is 30.8. The van der Waals surface area contributed by atoms with Gasteiger partial charge in [-0.3, -0.25) is 0 Å². The molecule has 2 saturated heterocycles. The number of benzene rings is 4. The number of nitrogens with zero attached hydrogens (tertiary/aromatic N) is 9. The first-order valence-electron chi connectivity index (χ1n) is 22.1. The first kappa shape index (κ1) is 43.0. The first-order valence-corrected chi connectivity index (χ1v) is 22.9. The fourth-order valence-corrected chi connectivity index (χ4v) is 9.65. The summed E-state index contributed by atoms with van der Waals surface area (Å²) in [7, 11) is 0. The van der Waals surface area contributed by atoms with Crippen LogP contribution in [0.4, 0.5) is 16.2 Å². The van der Waals surface area contributed by atoms with Crippen molar-refractivity contribution in [1.29, 1.82) is 0 Å². The van der Waals surface area contributed by atoms with E-state index in [1.165, 1.54) is 16.5 Å². The van der Waals surface area contributed by atoms with E-state index in [4.69, 9.17) is 9.72 Å². The van der Waals surface area contributed by atoms with E-state index in [0.717, 1.165) is 67.9 Å². The Labute approximate surface area is 383 Å². The highest BCUT2D eigenvalue weighted by molar-refractivity contribution is 9.10. The van der Waals surface area contributed by atoms with Gasteiger partial charge in [0.15, 0.2) is 11.3 Å². The molecule has 6 heterocycles. The molecule has 0 bridgehead atoms. The van der Waals surface area contributed by atoms with E-state index in [1.807, 2.05) is 55.0 Å². The lowest BCUT2D eigenvalue weighted by Gasteiger charge is -2.45. The lowest BCUT2D eigenvalue weighted by atomic mass is 10.0. The number of carbonyl (C=O) groups excluding carboxylic acids is 1. The second-order valence-corrected chi connectivity index (χ2v) is 19.0. The van der Waals surface area contributed by atoms with Crippen molar-refractivity contribution in [3.8, 4) is 33.4 Å². The summed E-state index contributed by atoms with van der Waals surface area (Å²) in [6, 6.07) is 33.5. The number of carbonyl (C=O) groups is 1. The van der Waals surface area contributed by atoms with Gasteiger partial charge >= 0.3 is 6.09 Å². The molecule has 0 saturated carbocycles. The van der Waals surface area contributed by atoms with Crippen molar-refractivity contribution in [1.82, 2.24) is 39.4 Å². The second-order valence-electron chi connectivity index (χ2n) is 18.1. The molecule has 4 aromatic carbocycles.